The Balaban J connectivity index is 1.31. The molecule has 3 atom stereocenters. The lowest BCUT2D eigenvalue weighted by Gasteiger charge is -2.24. The molecule has 0 radical (unpaired) electrons. The highest BCUT2D eigenvalue weighted by molar-refractivity contribution is 5.77. The Kier molecular flexibility index (Phi) is 4.36. The molecule has 2 fully saturated rings. The Morgan fingerprint density at radius 1 is 1.18 bits per heavy atom. The lowest BCUT2D eigenvalue weighted by atomic mass is 9.89. The van der Waals surface area contributed by atoms with Gasteiger partial charge >= 0.3 is 0 Å². The van der Waals surface area contributed by atoms with Crippen LogP contribution in [0.5, 0.6) is 0 Å². The molecule has 1 aromatic carbocycles. The maximum Gasteiger partial charge on any atom is 0.220 e. The van der Waals surface area contributed by atoms with Gasteiger partial charge in [-0.3, -0.25) is 9.69 Å². The van der Waals surface area contributed by atoms with Gasteiger partial charge in [-0.1, -0.05) is 30.3 Å². The van der Waals surface area contributed by atoms with Crippen LogP contribution in [0.3, 0.4) is 0 Å². The van der Waals surface area contributed by atoms with Gasteiger partial charge in [0.1, 0.15) is 0 Å². The van der Waals surface area contributed by atoms with E-state index in [-0.39, 0.29) is 5.91 Å². The van der Waals surface area contributed by atoms with Crippen LogP contribution in [0.4, 0.5) is 0 Å². The van der Waals surface area contributed by atoms with Gasteiger partial charge in [-0.25, -0.2) is 9.50 Å². The summed E-state index contributed by atoms with van der Waals surface area (Å²) in [4.78, 5) is 18.8. The van der Waals surface area contributed by atoms with Crippen molar-refractivity contribution in [2.24, 2.45) is 11.8 Å². The molecule has 1 N–H and O–H groups in total. The summed E-state index contributed by atoms with van der Waals surface area (Å²) in [5.41, 5.74) is 4.22. The van der Waals surface area contributed by atoms with Crippen molar-refractivity contribution >= 4 is 11.6 Å². The number of fused-ring (bicyclic) bond motifs is 2. The van der Waals surface area contributed by atoms with Crippen molar-refractivity contribution in [1.82, 2.24) is 24.8 Å². The number of hydrogen-bond acceptors (Lipinski definition) is 4. The van der Waals surface area contributed by atoms with Crippen LogP contribution in [0.1, 0.15) is 24.8 Å². The summed E-state index contributed by atoms with van der Waals surface area (Å²) >= 11 is 0. The topological polar surface area (TPSA) is 62.5 Å². The summed E-state index contributed by atoms with van der Waals surface area (Å²) in [7, 11) is 2.18. The van der Waals surface area contributed by atoms with E-state index in [0.717, 1.165) is 48.3 Å². The number of nitrogens with zero attached hydrogens (tertiary/aromatic N) is 4. The van der Waals surface area contributed by atoms with E-state index in [9.17, 15) is 4.79 Å². The minimum atomic E-state index is 0.215. The van der Waals surface area contributed by atoms with Gasteiger partial charge in [0.25, 0.3) is 0 Å². The van der Waals surface area contributed by atoms with Gasteiger partial charge in [0.15, 0.2) is 5.65 Å². The molecular formula is C22H25N5O. The lowest BCUT2D eigenvalue weighted by Crippen LogP contribution is -2.38. The summed E-state index contributed by atoms with van der Waals surface area (Å²) in [6.07, 6.45) is 8.90. The predicted octanol–water partition coefficient (Wildman–Crippen LogP) is 2.74. The second-order valence-electron chi connectivity index (χ2n) is 8.22. The van der Waals surface area contributed by atoms with Crippen LogP contribution in [-0.2, 0) is 11.3 Å². The third-order valence-electron chi connectivity index (χ3n) is 6.38. The number of piperidine rings is 1. The molecule has 2 aromatic heterocycles. The van der Waals surface area contributed by atoms with Crippen LogP contribution < -0.4 is 5.32 Å². The standard InChI is InChI=1S/C22H25N5O/c1-26(19-7-17-9-21(28)23-11-18(17)8-19)13-15-10-24-22-20(12-25-27(22)14-15)16-5-3-2-4-6-16/h2-6,10,12,14,17-19H,7-9,11,13H2,1H3,(H,23,28)/t17-,18+,19-/m0/s1. The molecule has 0 bridgehead atoms. The Morgan fingerprint density at radius 2 is 2.00 bits per heavy atom. The number of rotatable bonds is 4. The number of nitrogens with one attached hydrogen (secondary N) is 1. The van der Waals surface area contributed by atoms with E-state index in [1.807, 2.05) is 35.1 Å². The van der Waals surface area contributed by atoms with Gasteiger partial charge in [-0.2, -0.15) is 5.10 Å². The quantitative estimate of drug-likeness (QED) is 0.762. The second kappa shape index (κ2) is 7.02. The first kappa shape index (κ1) is 17.4. The van der Waals surface area contributed by atoms with Crippen molar-refractivity contribution in [3.8, 4) is 11.1 Å². The monoisotopic (exact) mass is 375 g/mol. The molecule has 3 aromatic rings. The van der Waals surface area contributed by atoms with Gasteiger partial charge in [-0.15, -0.1) is 0 Å². The molecule has 3 heterocycles. The first-order valence-electron chi connectivity index (χ1n) is 10.0. The molecule has 6 nitrogen and oxygen atoms in total. The summed E-state index contributed by atoms with van der Waals surface area (Å²) in [6, 6.07) is 10.8. The molecular weight excluding hydrogens is 350 g/mol. The third-order valence-corrected chi connectivity index (χ3v) is 6.38. The zero-order chi connectivity index (χ0) is 19.1. The average Bonchev–Trinajstić information content (AvgIpc) is 3.32. The van der Waals surface area contributed by atoms with E-state index >= 15 is 0 Å². The zero-order valence-electron chi connectivity index (χ0n) is 16.1. The van der Waals surface area contributed by atoms with Crippen LogP contribution in [0.2, 0.25) is 0 Å². The molecule has 2 aliphatic rings. The summed E-state index contributed by atoms with van der Waals surface area (Å²) in [5.74, 6) is 1.39. The fourth-order valence-corrected chi connectivity index (χ4v) is 4.83. The van der Waals surface area contributed by atoms with Crippen molar-refractivity contribution in [2.75, 3.05) is 13.6 Å². The minimum absolute atomic E-state index is 0.215. The second-order valence-corrected chi connectivity index (χ2v) is 8.22. The van der Waals surface area contributed by atoms with Crippen LogP contribution in [0.25, 0.3) is 16.8 Å². The first-order chi connectivity index (χ1) is 13.7. The molecule has 6 heteroatoms. The number of amides is 1. The van der Waals surface area contributed by atoms with E-state index in [1.54, 1.807) is 0 Å². The normalized spacial score (nSPS) is 24.5. The fourth-order valence-electron chi connectivity index (χ4n) is 4.83. The van der Waals surface area contributed by atoms with Crippen LogP contribution >= 0.6 is 0 Å². The SMILES string of the molecule is CN(Cc1cnc2c(-c3ccccc3)cnn2c1)[C@H]1C[C@H]2CC(=O)NC[C@H]2C1. The summed E-state index contributed by atoms with van der Waals surface area (Å²) in [5, 5.41) is 7.54. The number of aromatic nitrogens is 3. The molecule has 1 amide bonds. The Bertz CT molecular complexity index is 999. The summed E-state index contributed by atoms with van der Waals surface area (Å²) < 4.78 is 1.88. The number of benzene rings is 1. The maximum absolute atomic E-state index is 11.7. The largest absolute Gasteiger partial charge is 0.356 e. The van der Waals surface area contributed by atoms with Crippen LogP contribution in [-0.4, -0.2) is 45.0 Å². The van der Waals surface area contributed by atoms with E-state index in [0.29, 0.717) is 24.3 Å². The Labute approximate surface area is 164 Å². The first-order valence-corrected chi connectivity index (χ1v) is 10.0. The highest BCUT2D eigenvalue weighted by Gasteiger charge is 2.39. The molecule has 144 valence electrons. The van der Waals surface area contributed by atoms with Crippen molar-refractivity contribution in [3.63, 3.8) is 0 Å². The van der Waals surface area contributed by atoms with Crippen LogP contribution in [0, 0.1) is 11.8 Å². The van der Waals surface area contributed by atoms with E-state index in [1.165, 1.54) is 0 Å². The van der Waals surface area contributed by atoms with Gasteiger partial charge in [0.2, 0.25) is 5.91 Å². The highest BCUT2D eigenvalue weighted by atomic mass is 16.1. The van der Waals surface area contributed by atoms with Gasteiger partial charge < -0.3 is 5.32 Å². The molecule has 28 heavy (non-hydrogen) atoms. The molecule has 0 unspecified atom stereocenters. The molecule has 1 saturated carbocycles. The molecule has 5 rings (SSSR count). The highest BCUT2D eigenvalue weighted by Crippen LogP contribution is 2.38. The van der Waals surface area contributed by atoms with Gasteiger partial charge in [-0.05, 0) is 37.3 Å². The number of hydrogen-bond donors (Lipinski definition) is 1. The van der Waals surface area contributed by atoms with Crippen molar-refractivity contribution in [3.05, 3.63) is 54.5 Å². The Morgan fingerprint density at radius 3 is 2.86 bits per heavy atom. The fraction of sp³-hybridized carbons (Fsp3) is 0.409. The average molecular weight is 375 g/mol. The van der Waals surface area contributed by atoms with Crippen LogP contribution in [0.15, 0.2) is 48.9 Å². The number of carbonyl (C=O) groups is 1. The maximum atomic E-state index is 11.7. The zero-order valence-corrected chi connectivity index (χ0v) is 16.1. The van der Waals surface area contributed by atoms with Crippen molar-refractivity contribution in [2.45, 2.75) is 31.8 Å². The lowest BCUT2D eigenvalue weighted by molar-refractivity contribution is -0.124. The molecule has 1 aliphatic carbocycles. The van der Waals surface area contributed by atoms with Gasteiger partial charge in [0, 0.05) is 49.1 Å². The summed E-state index contributed by atoms with van der Waals surface area (Å²) in [6.45, 7) is 1.69. The van der Waals surface area contributed by atoms with Crippen molar-refractivity contribution in [1.29, 1.82) is 0 Å². The predicted molar refractivity (Wildman–Crippen MR) is 108 cm³/mol. The Hall–Kier alpha value is -2.73. The molecule has 1 saturated heterocycles. The molecule has 1 aliphatic heterocycles. The third kappa shape index (κ3) is 3.18. The van der Waals surface area contributed by atoms with Crippen molar-refractivity contribution < 1.29 is 4.79 Å². The van der Waals surface area contributed by atoms with E-state index in [4.69, 9.17) is 4.98 Å². The smallest absolute Gasteiger partial charge is 0.220 e. The molecule has 0 spiro atoms. The minimum Gasteiger partial charge on any atom is -0.356 e. The van der Waals surface area contributed by atoms with E-state index < -0.39 is 0 Å². The van der Waals surface area contributed by atoms with E-state index in [2.05, 4.69) is 40.7 Å². The number of carbonyl (C=O) groups excluding carboxylic acids is 1. The van der Waals surface area contributed by atoms with Gasteiger partial charge in [0.05, 0.1) is 6.20 Å².